The predicted octanol–water partition coefficient (Wildman–Crippen LogP) is 1.52. The lowest BCUT2D eigenvalue weighted by Crippen LogP contribution is -2.26. The van der Waals surface area contributed by atoms with Crippen molar-refractivity contribution in [2.45, 2.75) is 26.2 Å². The Kier molecular flexibility index (Phi) is 11.5. The van der Waals surface area contributed by atoms with Gasteiger partial charge in [-0.25, -0.2) is 0 Å². The molecular formula is C10H20ClNO3. The van der Waals surface area contributed by atoms with Gasteiger partial charge in [0.25, 0.3) is 0 Å². The summed E-state index contributed by atoms with van der Waals surface area (Å²) in [6.07, 6.45) is 2.97. The molecule has 0 aliphatic rings. The molecular weight excluding hydrogens is 218 g/mol. The van der Waals surface area contributed by atoms with E-state index < -0.39 is 0 Å². The molecule has 0 aromatic heterocycles. The first-order valence-corrected chi connectivity index (χ1v) is 5.82. The minimum Gasteiger partial charge on any atom is -0.355 e. The van der Waals surface area contributed by atoms with Crippen molar-refractivity contribution in [1.82, 2.24) is 5.32 Å². The summed E-state index contributed by atoms with van der Waals surface area (Å²) in [5.74, 6) is -0.128. The molecule has 4 nitrogen and oxygen atoms in total. The number of carbonyl (C=O) groups is 1. The molecule has 1 N–H and O–H groups in total. The Bertz CT molecular complexity index is 156. The van der Waals surface area contributed by atoms with Crippen LogP contribution in [0.15, 0.2) is 0 Å². The normalized spacial score (nSPS) is 10.3. The van der Waals surface area contributed by atoms with Crippen LogP contribution in [0.2, 0.25) is 0 Å². The van der Waals surface area contributed by atoms with Crippen LogP contribution in [0.5, 0.6) is 0 Å². The van der Waals surface area contributed by atoms with Gasteiger partial charge >= 0.3 is 0 Å². The van der Waals surface area contributed by atoms with Crippen molar-refractivity contribution < 1.29 is 14.3 Å². The summed E-state index contributed by atoms with van der Waals surface area (Å²) in [6.45, 7) is 4.39. The van der Waals surface area contributed by atoms with Gasteiger partial charge in [-0.05, 0) is 12.8 Å². The molecule has 0 radical (unpaired) electrons. The molecule has 1 amide bonds. The van der Waals surface area contributed by atoms with E-state index in [0.717, 1.165) is 25.9 Å². The van der Waals surface area contributed by atoms with E-state index >= 15 is 0 Å². The van der Waals surface area contributed by atoms with E-state index in [4.69, 9.17) is 21.1 Å². The Morgan fingerprint density at radius 2 is 1.93 bits per heavy atom. The van der Waals surface area contributed by atoms with Gasteiger partial charge in [-0.2, -0.15) is 0 Å². The highest BCUT2D eigenvalue weighted by Crippen LogP contribution is 1.89. The summed E-state index contributed by atoms with van der Waals surface area (Å²) < 4.78 is 10.4. The van der Waals surface area contributed by atoms with Crippen LogP contribution in [0.25, 0.3) is 0 Å². The Balaban J connectivity index is 2.95. The number of unbranched alkanes of at least 4 members (excludes halogenated alkanes) is 1. The summed E-state index contributed by atoms with van der Waals surface area (Å²) in [6, 6.07) is 0. The minimum atomic E-state index is -0.143. The molecule has 15 heavy (non-hydrogen) atoms. The van der Waals surface area contributed by atoms with Crippen molar-refractivity contribution in [3.63, 3.8) is 0 Å². The van der Waals surface area contributed by atoms with Crippen molar-refractivity contribution in [3.05, 3.63) is 0 Å². The second-order valence-electron chi connectivity index (χ2n) is 3.13. The zero-order valence-corrected chi connectivity index (χ0v) is 10.0. The molecule has 0 aliphatic heterocycles. The molecule has 0 aromatic carbocycles. The Labute approximate surface area is 96.3 Å². The fourth-order valence-corrected chi connectivity index (χ4v) is 0.967. The summed E-state index contributed by atoms with van der Waals surface area (Å²) in [5.41, 5.74) is 0. The van der Waals surface area contributed by atoms with Crippen LogP contribution in [0.1, 0.15) is 26.2 Å². The number of hydrogen-bond acceptors (Lipinski definition) is 3. The standard InChI is InChI=1S/C10H20ClNO3/c1-2-3-6-14-9-15-7-4-5-12-10(13)8-11/h2-9H2,1H3,(H,12,13). The van der Waals surface area contributed by atoms with Crippen molar-refractivity contribution >= 4 is 17.5 Å². The Morgan fingerprint density at radius 3 is 2.53 bits per heavy atom. The van der Waals surface area contributed by atoms with Crippen LogP contribution in [0, 0.1) is 0 Å². The van der Waals surface area contributed by atoms with Gasteiger partial charge in [0.15, 0.2) is 0 Å². The number of rotatable bonds is 10. The lowest BCUT2D eigenvalue weighted by molar-refractivity contribution is -0.118. The van der Waals surface area contributed by atoms with Gasteiger partial charge in [0, 0.05) is 13.2 Å². The molecule has 0 aromatic rings. The fraction of sp³-hybridized carbons (Fsp3) is 0.900. The molecule has 0 spiro atoms. The summed E-state index contributed by atoms with van der Waals surface area (Å²) >= 11 is 5.30. The first-order chi connectivity index (χ1) is 7.31. The summed E-state index contributed by atoms with van der Waals surface area (Å²) in [5, 5.41) is 2.65. The minimum absolute atomic E-state index is 0.0149. The molecule has 0 fully saturated rings. The van der Waals surface area contributed by atoms with Crippen LogP contribution < -0.4 is 5.32 Å². The fourth-order valence-electron chi connectivity index (χ4n) is 0.872. The molecule has 0 aliphatic carbocycles. The van der Waals surface area contributed by atoms with Crippen molar-refractivity contribution in [3.8, 4) is 0 Å². The Hall–Kier alpha value is -0.320. The third kappa shape index (κ3) is 11.6. The monoisotopic (exact) mass is 237 g/mol. The van der Waals surface area contributed by atoms with Crippen LogP contribution in [-0.4, -0.2) is 38.3 Å². The van der Waals surface area contributed by atoms with Gasteiger partial charge in [-0.3, -0.25) is 4.79 Å². The van der Waals surface area contributed by atoms with E-state index in [1.807, 2.05) is 0 Å². The molecule has 0 atom stereocenters. The van der Waals surface area contributed by atoms with E-state index in [2.05, 4.69) is 12.2 Å². The van der Waals surface area contributed by atoms with E-state index in [9.17, 15) is 4.79 Å². The van der Waals surface area contributed by atoms with Gasteiger partial charge < -0.3 is 14.8 Å². The highest BCUT2D eigenvalue weighted by atomic mass is 35.5. The molecule has 0 unspecified atom stereocenters. The zero-order chi connectivity index (χ0) is 11.4. The van der Waals surface area contributed by atoms with Crippen molar-refractivity contribution in [2.75, 3.05) is 32.4 Å². The molecule has 5 heteroatoms. The second kappa shape index (κ2) is 11.8. The van der Waals surface area contributed by atoms with E-state index in [1.54, 1.807) is 0 Å². The largest absolute Gasteiger partial charge is 0.355 e. The van der Waals surface area contributed by atoms with E-state index in [0.29, 0.717) is 19.9 Å². The quantitative estimate of drug-likeness (QED) is 0.356. The summed E-state index contributed by atoms with van der Waals surface area (Å²) in [7, 11) is 0. The number of alkyl halides is 1. The van der Waals surface area contributed by atoms with Gasteiger partial charge in [0.2, 0.25) is 5.91 Å². The molecule has 0 saturated heterocycles. The second-order valence-corrected chi connectivity index (χ2v) is 3.39. The third-order valence-electron chi connectivity index (χ3n) is 1.72. The molecule has 90 valence electrons. The number of amides is 1. The maximum atomic E-state index is 10.7. The average Bonchev–Trinajstić information content (AvgIpc) is 2.26. The van der Waals surface area contributed by atoms with Gasteiger partial charge in [0.05, 0.1) is 6.61 Å². The molecule has 0 bridgehead atoms. The molecule has 0 rings (SSSR count). The number of ether oxygens (including phenoxy) is 2. The number of halogens is 1. The lowest BCUT2D eigenvalue weighted by atomic mass is 10.4. The van der Waals surface area contributed by atoms with Gasteiger partial charge in [-0.15, -0.1) is 11.6 Å². The van der Waals surface area contributed by atoms with Crippen LogP contribution in [-0.2, 0) is 14.3 Å². The third-order valence-corrected chi connectivity index (χ3v) is 1.96. The van der Waals surface area contributed by atoms with Crippen LogP contribution in [0.4, 0.5) is 0 Å². The topological polar surface area (TPSA) is 47.6 Å². The van der Waals surface area contributed by atoms with Crippen LogP contribution in [0.3, 0.4) is 0 Å². The van der Waals surface area contributed by atoms with E-state index in [1.165, 1.54) is 0 Å². The van der Waals surface area contributed by atoms with Crippen molar-refractivity contribution in [2.24, 2.45) is 0 Å². The maximum absolute atomic E-state index is 10.7. The molecule has 0 saturated carbocycles. The van der Waals surface area contributed by atoms with Crippen molar-refractivity contribution in [1.29, 1.82) is 0 Å². The average molecular weight is 238 g/mol. The SMILES string of the molecule is CCCCOCOCCCNC(=O)CCl. The first kappa shape index (κ1) is 14.7. The van der Waals surface area contributed by atoms with Gasteiger partial charge in [-0.1, -0.05) is 13.3 Å². The highest BCUT2D eigenvalue weighted by molar-refractivity contribution is 6.27. The molecule has 0 heterocycles. The highest BCUT2D eigenvalue weighted by Gasteiger charge is 1.96. The van der Waals surface area contributed by atoms with Gasteiger partial charge in [0.1, 0.15) is 12.7 Å². The zero-order valence-electron chi connectivity index (χ0n) is 9.26. The van der Waals surface area contributed by atoms with E-state index in [-0.39, 0.29) is 11.8 Å². The van der Waals surface area contributed by atoms with Crippen LogP contribution >= 0.6 is 11.6 Å². The lowest BCUT2D eigenvalue weighted by Gasteiger charge is -2.05. The predicted molar refractivity (Wildman–Crippen MR) is 60.0 cm³/mol. The summed E-state index contributed by atoms with van der Waals surface area (Å²) in [4.78, 5) is 10.7. The maximum Gasteiger partial charge on any atom is 0.234 e. The smallest absolute Gasteiger partial charge is 0.234 e. The number of hydrogen-bond donors (Lipinski definition) is 1. The number of carbonyl (C=O) groups excluding carboxylic acids is 1. The number of nitrogens with one attached hydrogen (secondary N) is 1. The Morgan fingerprint density at radius 1 is 1.27 bits per heavy atom. The first-order valence-electron chi connectivity index (χ1n) is 5.29.